The molecule has 1 aliphatic heterocycles. The maximum atomic E-state index is 12.8. The first-order chi connectivity index (χ1) is 8.59. The van der Waals surface area contributed by atoms with Gasteiger partial charge in [0.15, 0.2) is 0 Å². The van der Waals surface area contributed by atoms with E-state index in [0.717, 1.165) is 38.5 Å². The highest BCUT2D eigenvalue weighted by Crippen LogP contribution is 2.44. The molecule has 3 unspecified atom stereocenters. The molecule has 4 heteroatoms. The van der Waals surface area contributed by atoms with Crippen molar-refractivity contribution in [2.75, 3.05) is 0 Å². The third-order valence-corrected chi connectivity index (χ3v) is 5.03. The van der Waals surface area contributed by atoms with Gasteiger partial charge in [0, 0.05) is 6.04 Å². The second-order valence-corrected chi connectivity index (χ2v) is 6.14. The Hall–Kier alpha value is -1.06. The fraction of sp³-hybridized carbons (Fsp3) is 0.857. The van der Waals surface area contributed by atoms with E-state index in [0.29, 0.717) is 12.0 Å². The molecule has 3 atom stereocenters. The van der Waals surface area contributed by atoms with Gasteiger partial charge in [-0.3, -0.25) is 9.59 Å². The monoisotopic (exact) mass is 250 g/mol. The van der Waals surface area contributed by atoms with Crippen LogP contribution in [0.5, 0.6) is 0 Å². The van der Waals surface area contributed by atoms with E-state index in [1.807, 2.05) is 11.8 Å². The molecule has 0 aromatic carbocycles. The molecule has 0 bridgehead atoms. The van der Waals surface area contributed by atoms with Gasteiger partial charge < -0.3 is 10.2 Å². The largest absolute Gasteiger partial charge is 0.340 e. The number of carbonyl (C=O) groups is 2. The minimum atomic E-state index is -0.551. The maximum absolute atomic E-state index is 12.8. The number of carbonyl (C=O) groups excluding carboxylic acids is 2. The van der Waals surface area contributed by atoms with Crippen LogP contribution in [0.15, 0.2) is 0 Å². The van der Waals surface area contributed by atoms with Crippen molar-refractivity contribution in [1.29, 1.82) is 0 Å². The highest BCUT2D eigenvalue weighted by Gasteiger charge is 2.56. The van der Waals surface area contributed by atoms with Crippen LogP contribution in [0, 0.1) is 5.92 Å². The summed E-state index contributed by atoms with van der Waals surface area (Å²) in [6.45, 7) is 4.02. The zero-order chi connectivity index (χ0) is 12.9. The summed E-state index contributed by atoms with van der Waals surface area (Å²) in [5.41, 5.74) is -0.551. The van der Waals surface area contributed by atoms with Crippen molar-refractivity contribution in [2.24, 2.45) is 5.92 Å². The van der Waals surface area contributed by atoms with Crippen LogP contribution in [0.3, 0.4) is 0 Å². The number of hydrogen-bond acceptors (Lipinski definition) is 2. The molecular formula is C14H22N2O2. The number of nitrogens with zero attached hydrogens (tertiary/aromatic N) is 1. The molecule has 3 fully saturated rings. The number of nitrogens with one attached hydrogen (secondary N) is 1. The summed E-state index contributed by atoms with van der Waals surface area (Å²) in [7, 11) is 0. The summed E-state index contributed by atoms with van der Waals surface area (Å²) in [5.74, 6) is 0.840. The van der Waals surface area contributed by atoms with Crippen LogP contribution >= 0.6 is 0 Å². The van der Waals surface area contributed by atoms with Gasteiger partial charge >= 0.3 is 0 Å². The lowest BCUT2D eigenvalue weighted by Crippen LogP contribution is -2.69. The van der Waals surface area contributed by atoms with Gasteiger partial charge in [0.05, 0.1) is 0 Å². The van der Waals surface area contributed by atoms with Gasteiger partial charge in [0.1, 0.15) is 11.6 Å². The molecule has 3 rings (SSSR count). The standard InChI is InChI=1S/C14H22N2O2/c1-3-10-8-11(10)16-9(2)12(17)15-14(13(16)18)6-4-5-7-14/h9-11H,3-8H2,1-2H3,(H,15,17). The average molecular weight is 250 g/mol. The minimum Gasteiger partial charge on any atom is -0.340 e. The van der Waals surface area contributed by atoms with E-state index >= 15 is 0 Å². The van der Waals surface area contributed by atoms with E-state index in [4.69, 9.17) is 0 Å². The SMILES string of the molecule is CCC1CC1N1C(=O)C2(CCCC2)NC(=O)C1C. The maximum Gasteiger partial charge on any atom is 0.249 e. The lowest BCUT2D eigenvalue weighted by Gasteiger charge is -2.43. The molecule has 100 valence electrons. The molecule has 2 aliphatic carbocycles. The van der Waals surface area contributed by atoms with Crippen molar-refractivity contribution in [1.82, 2.24) is 10.2 Å². The first kappa shape index (κ1) is 12.0. The molecular weight excluding hydrogens is 228 g/mol. The van der Waals surface area contributed by atoms with Crippen LogP contribution in [0.2, 0.25) is 0 Å². The molecule has 2 saturated carbocycles. The third kappa shape index (κ3) is 1.57. The summed E-state index contributed by atoms with van der Waals surface area (Å²) in [5, 5.41) is 3.01. The Morgan fingerprint density at radius 1 is 1.33 bits per heavy atom. The van der Waals surface area contributed by atoms with E-state index in [-0.39, 0.29) is 17.9 Å². The molecule has 1 spiro atoms. The number of piperazine rings is 1. The highest BCUT2D eigenvalue weighted by atomic mass is 16.2. The van der Waals surface area contributed by atoms with E-state index in [1.165, 1.54) is 0 Å². The van der Waals surface area contributed by atoms with Gasteiger partial charge in [-0.2, -0.15) is 0 Å². The Kier molecular flexibility index (Phi) is 2.65. The van der Waals surface area contributed by atoms with Crippen LogP contribution < -0.4 is 5.32 Å². The second kappa shape index (κ2) is 3.97. The molecule has 1 N–H and O–H groups in total. The van der Waals surface area contributed by atoms with Gasteiger partial charge in [-0.25, -0.2) is 0 Å². The molecule has 2 amide bonds. The highest BCUT2D eigenvalue weighted by molar-refractivity contribution is 6.00. The molecule has 0 aromatic rings. The van der Waals surface area contributed by atoms with Crippen molar-refractivity contribution >= 4 is 11.8 Å². The van der Waals surface area contributed by atoms with Crippen molar-refractivity contribution in [3.63, 3.8) is 0 Å². The van der Waals surface area contributed by atoms with Crippen LogP contribution in [0.1, 0.15) is 52.4 Å². The molecule has 1 heterocycles. The summed E-state index contributed by atoms with van der Waals surface area (Å²) >= 11 is 0. The number of amides is 2. The van der Waals surface area contributed by atoms with Crippen molar-refractivity contribution in [3.8, 4) is 0 Å². The number of hydrogen-bond donors (Lipinski definition) is 1. The van der Waals surface area contributed by atoms with Crippen LogP contribution in [-0.2, 0) is 9.59 Å². The smallest absolute Gasteiger partial charge is 0.249 e. The van der Waals surface area contributed by atoms with Gasteiger partial charge in [0.25, 0.3) is 0 Å². The third-order valence-electron chi connectivity index (χ3n) is 5.03. The summed E-state index contributed by atoms with van der Waals surface area (Å²) in [6, 6.07) is 0.0336. The molecule has 18 heavy (non-hydrogen) atoms. The minimum absolute atomic E-state index is 0.0400. The Bertz CT molecular complexity index is 387. The van der Waals surface area contributed by atoms with E-state index in [1.54, 1.807) is 0 Å². The van der Waals surface area contributed by atoms with E-state index < -0.39 is 5.54 Å². The molecule has 1 saturated heterocycles. The predicted molar refractivity (Wildman–Crippen MR) is 67.8 cm³/mol. The average Bonchev–Trinajstić information content (AvgIpc) is 2.97. The quantitative estimate of drug-likeness (QED) is 0.806. The molecule has 3 aliphatic rings. The Morgan fingerprint density at radius 3 is 2.56 bits per heavy atom. The van der Waals surface area contributed by atoms with Gasteiger partial charge in [-0.15, -0.1) is 0 Å². The number of rotatable bonds is 2. The fourth-order valence-corrected chi connectivity index (χ4v) is 3.71. The fourth-order valence-electron chi connectivity index (χ4n) is 3.71. The predicted octanol–water partition coefficient (Wildman–Crippen LogP) is 1.44. The van der Waals surface area contributed by atoms with E-state index in [2.05, 4.69) is 12.2 Å². The van der Waals surface area contributed by atoms with Gasteiger partial charge in [-0.05, 0) is 32.1 Å². The summed E-state index contributed by atoms with van der Waals surface area (Å²) in [6.07, 6.45) is 5.94. The summed E-state index contributed by atoms with van der Waals surface area (Å²) in [4.78, 5) is 26.8. The van der Waals surface area contributed by atoms with Crippen molar-refractivity contribution in [2.45, 2.75) is 70.0 Å². The van der Waals surface area contributed by atoms with Gasteiger partial charge in [0.2, 0.25) is 11.8 Å². The lowest BCUT2D eigenvalue weighted by atomic mass is 9.91. The Balaban J connectivity index is 1.86. The van der Waals surface area contributed by atoms with Crippen molar-refractivity contribution < 1.29 is 9.59 Å². The molecule has 4 nitrogen and oxygen atoms in total. The zero-order valence-corrected chi connectivity index (χ0v) is 11.2. The van der Waals surface area contributed by atoms with Crippen LogP contribution in [0.4, 0.5) is 0 Å². The topological polar surface area (TPSA) is 49.4 Å². The molecule has 0 radical (unpaired) electrons. The summed E-state index contributed by atoms with van der Waals surface area (Å²) < 4.78 is 0. The van der Waals surface area contributed by atoms with Crippen LogP contribution in [0.25, 0.3) is 0 Å². The lowest BCUT2D eigenvalue weighted by molar-refractivity contribution is -0.155. The first-order valence-corrected chi connectivity index (χ1v) is 7.24. The zero-order valence-electron chi connectivity index (χ0n) is 11.2. The van der Waals surface area contributed by atoms with Gasteiger partial charge in [-0.1, -0.05) is 26.2 Å². The first-order valence-electron chi connectivity index (χ1n) is 7.24. The Morgan fingerprint density at radius 2 is 2.00 bits per heavy atom. The second-order valence-electron chi connectivity index (χ2n) is 6.14. The molecule has 0 aromatic heterocycles. The Labute approximate surface area is 108 Å². The van der Waals surface area contributed by atoms with E-state index in [9.17, 15) is 9.59 Å². The van der Waals surface area contributed by atoms with Crippen molar-refractivity contribution in [3.05, 3.63) is 0 Å². The van der Waals surface area contributed by atoms with Crippen LogP contribution in [-0.4, -0.2) is 34.3 Å². The normalized spacial score (nSPS) is 38.1.